The van der Waals surface area contributed by atoms with Crippen LogP contribution in [0.3, 0.4) is 0 Å². The topological polar surface area (TPSA) is 41.6 Å². The van der Waals surface area contributed by atoms with Crippen molar-refractivity contribution < 1.29 is 9.53 Å². The van der Waals surface area contributed by atoms with Gasteiger partial charge in [-0.15, -0.1) is 0 Å². The molecule has 1 aromatic rings. The van der Waals surface area contributed by atoms with Crippen LogP contribution in [0.4, 0.5) is 10.5 Å². The zero-order chi connectivity index (χ0) is 11.4. The summed E-state index contributed by atoms with van der Waals surface area (Å²) in [7, 11) is 1.67. The molecule has 0 spiro atoms. The largest absolute Gasteiger partial charge is 0.380 e. The monoisotopic (exact) mass is 220 g/mol. The van der Waals surface area contributed by atoms with E-state index in [1.165, 1.54) is 0 Å². The second-order valence-corrected chi connectivity index (χ2v) is 3.84. The Hall–Kier alpha value is -1.55. The SMILES string of the molecule is COCc1cccc(N2CCCNC2=O)c1. The number of nitrogens with one attached hydrogen (secondary N) is 1. The van der Waals surface area contributed by atoms with Gasteiger partial charge in [-0.25, -0.2) is 4.79 Å². The summed E-state index contributed by atoms with van der Waals surface area (Å²) in [5.41, 5.74) is 2.02. The molecule has 0 aliphatic carbocycles. The van der Waals surface area contributed by atoms with Gasteiger partial charge < -0.3 is 10.1 Å². The maximum atomic E-state index is 11.6. The van der Waals surface area contributed by atoms with E-state index in [-0.39, 0.29) is 6.03 Å². The predicted molar refractivity (Wildman–Crippen MR) is 62.5 cm³/mol. The fraction of sp³-hybridized carbons (Fsp3) is 0.417. The predicted octanol–water partition coefficient (Wildman–Crippen LogP) is 1.75. The van der Waals surface area contributed by atoms with Gasteiger partial charge in [0.05, 0.1) is 6.61 Å². The van der Waals surface area contributed by atoms with E-state index < -0.39 is 0 Å². The van der Waals surface area contributed by atoms with Crippen LogP contribution in [0.1, 0.15) is 12.0 Å². The third-order valence-corrected chi connectivity index (χ3v) is 2.61. The molecular weight excluding hydrogens is 204 g/mol. The first kappa shape index (κ1) is 11.0. The zero-order valence-electron chi connectivity index (χ0n) is 9.40. The molecule has 1 aromatic carbocycles. The van der Waals surface area contributed by atoms with E-state index in [1.807, 2.05) is 24.3 Å². The van der Waals surface area contributed by atoms with Gasteiger partial charge in [-0.1, -0.05) is 12.1 Å². The molecule has 0 aromatic heterocycles. The van der Waals surface area contributed by atoms with Crippen molar-refractivity contribution in [2.75, 3.05) is 25.1 Å². The molecule has 16 heavy (non-hydrogen) atoms. The molecule has 4 nitrogen and oxygen atoms in total. The lowest BCUT2D eigenvalue weighted by Gasteiger charge is -2.27. The molecule has 0 atom stereocenters. The van der Waals surface area contributed by atoms with Gasteiger partial charge in [0.15, 0.2) is 0 Å². The number of benzene rings is 1. The quantitative estimate of drug-likeness (QED) is 0.843. The van der Waals surface area contributed by atoms with Crippen LogP contribution in [0.5, 0.6) is 0 Å². The number of nitrogens with zero attached hydrogens (tertiary/aromatic N) is 1. The Labute approximate surface area is 95.2 Å². The van der Waals surface area contributed by atoms with Crippen molar-refractivity contribution in [3.05, 3.63) is 29.8 Å². The third-order valence-electron chi connectivity index (χ3n) is 2.61. The van der Waals surface area contributed by atoms with Gasteiger partial charge in [-0.2, -0.15) is 0 Å². The van der Waals surface area contributed by atoms with E-state index in [4.69, 9.17) is 4.74 Å². The minimum Gasteiger partial charge on any atom is -0.380 e. The molecule has 2 rings (SSSR count). The maximum absolute atomic E-state index is 11.6. The first-order valence-corrected chi connectivity index (χ1v) is 5.44. The van der Waals surface area contributed by atoms with Crippen LogP contribution >= 0.6 is 0 Å². The van der Waals surface area contributed by atoms with Gasteiger partial charge >= 0.3 is 6.03 Å². The maximum Gasteiger partial charge on any atom is 0.321 e. The van der Waals surface area contributed by atoms with Crippen molar-refractivity contribution >= 4 is 11.7 Å². The standard InChI is InChI=1S/C12H16N2O2/c1-16-9-10-4-2-5-11(8-10)14-7-3-6-13-12(14)15/h2,4-5,8H,3,6-7,9H2,1H3,(H,13,15). The number of hydrogen-bond donors (Lipinski definition) is 1. The Morgan fingerprint density at radius 1 is 1.50 bits per heavy atom. The lowest BCUT2D eigenvalue weighted by Crippen LogP contribution is -2.46. The zero-order valence-corrected chi connectivity index (χ0v) is 9.40. The summed E-state index contributed by atoms with van der Waals surface area (Å²) < 4.78 is 5.08. The lowest BCUT2D eigenvalue weighted by molar-refractivity contribution is 0.185. The molecule has 0 bridgehead atoms. The molecule has 0 unspecified atom stereocenters. The molecule has 1 N–H and O–H groups in total. The van der Waals surface area contributed by atoms with Crippen LogP contribution in [-0.4, -0.2) is 26.2 Å². The molecule has 1 aliphatic rings. The lowest BCUT2D eigenvalue weighted by atomic mass is 10.2. The van der Waals surface area contributed by atoms with Crippen LogP contribution in [0.15, 0.2) is 24.3 Å². The third kappa shape index (κ3) is 2.33. The fourth-order valence-corrected chi connectivity index (χ4v) is 1.86. The molecule has 1 heterocycles. The summed E-state index contributed by atoms with van der Waals surface area (Å²) in [6.45, 7) is 2.12. The average molecular weight is 220 g/mol. The van der Waals surface area contributed by atoms with Crippen LogP contribution in [0.2, 0.25) is 0 Å². The Bertz CT molecular complexity index is 379. The van der Waals surface area contributed by atoms with Crippen molar-refractivity contribution in [1.29, 1.82) is 0 Å². The van der Waals surface area contributed by atoms with Crippen molar-refractivity contribution in [2.24, 2.45) is 0 Å². The first-order valence-electron chi connectivity index (χ1n) is 5.44. The number of carbonyl (C=O) groups is 1. The van der Waals surface area contributed by atoms with Gasteiger partial charge in [0.1, 0.15) is 0 Å². The second kappa shape index (κ2) is 4.99. The molecule has 1 saturated heterocycles. The second-order valence-electron chi connectivity index (χ2n) is 3.84. The van der Waals surface area contributed by atoms with Crippen molar-refractivity contribution in [3.63, 3.8) is 0 Å². The summed E-state index contributed by atoms with van der Waals surface area (Å²) >= 11 is 0. The Morgan fingerprint density at radius 2 is 2.38 bits per heavy atom. The molecule has 86 valence electrons. The summed E-state index contributed by atoms with van der Waals surface area (Å²) in [5.74, 6) is 0. The van der Waals surface area contributed by atoms with Crippen LogP contribution in [0.25, 0.3) is 0 Å². The highest BCUT2D eigenvalue weighted by atomic mass is 16.5. The smallest absolute Gasteiger partial charge is 0.321 e. The Kier molecular flexibility index (Phi) is 3.41. The number of rotatable bonds is 3. The normalized spacial score (nSPS) is 16.1. The number of amides is 2. The summed E-state index contributed by atoms with van der Waals surface area (Å²) in [4.78, 5) is 13.4. The Morgan fingerprint density at radius 3 is 3.12 bits per heavy atom. The Balaban J connectivity index is 2.18. The van der Waals surface area contributed by atoms with Gasteiger partial charge in [0.25, 0.3) is 0 Å². The highest BCUT2D eigenvalue weighted by Gasteiger charge is 2.18. The van der Waals surface area contributed by atoms with Gasteiger partial charge in [0.2, 0.25) is 0 Å². The number of urea groups is 1. The minimum absolute atomic E-state index is 0.0131. The molecular formula is C12H16N2O2. The number of hydrogen-bond acceptors (Lipinski definition) is 2. The van der Waals surface area contributed by atoms with E-state index in [0.717, 1.165) is 30.8 Å². The molecule has 0 radical (unpaired) electrons. The van der Waals surface area contributed by atoms with Crippen molar-refractivity contribution in [3.8, 4) is 0 Å². The highest BCUT2D eigenvalue weighted by molar-refractivity contribution is 5.92. The number of methoxy groups -OCH3 is 1. The van der Waals surface area contributed by atoms with Crippen molar-refractivity contribution in [1.82, 2.24) is 5.32 Å². The number of carbonyl (C=O) groups excluding carboxylic acids is 1. The van der Waals surface area contributed by atoms with Crippen molar-refractivity contribution in [2.45, 2.75) is 13.0 Å². The first-order chi connectivity index (χ1) is 7.81. The van der Waals surface area contributed by atoms with Crippen LogP contribution < -0.4 is 10.2 Å². The molecule has 2 amide bonds. The molecule has 4 heteroatoms. The van der Waals surface area contributed by atoms with E-state index in [1.54, 1.807) is 12.0 Å². The minimum atomic E-state index is -0.0131. The van der Waals surface area contributed by atoms with E-state index in [9.17, 15) is 4.79 Å². The number of anilines is 1. The van der Waals surface area contributed by atoms with Crippen LogP contribution in [0, 0.1) is 0 Å². The van der Waals surface area contributed by atoms with E-state index in [0.29, 0.717) is 6.61 Å². The number of ether oxygens (including phenoxy) is 1. The van der Waals surface area contributed by atoms with E-state index in [2.05, 4.69) is 5.32 Å². The average Bonchev–Trinajstić information content (AvgIpc) is 2.30. The van der Waals surface area contributed by atoms with Crippen LogP contribution in [-0.2, 0) is 11.3 Å². The summed E-state index contributed by atoms with van der Waals surface area (Å²) in [5, 5.41) is 2.84. The van der Waals surface area contributed by atoms with Gasteiger partial charge in [-0.05, 0) is 24.1 Å². The summed E-state index contributed by atoms with van der Waals surface area (Å²) in [6.07, 6.45) is 0.986. The van der Waals surface area contributed by atoms with E-state index >= 15 is 0 Å². The molecule has 1 aliphatic heterocycles. The molecule has 0 saturated carbocycles. The van der Waals surface area contributed by atoms with Gasteiger partial charge in [0, 0.05) is 25.9 Å². The van der Waals surface area contributed by atoms with Gasteiger partial charge in [-0.3, -0.25) is 4.90 Å². The molecule has 1 fully saturated rings. The fourth-order valence-electron chi connectivity index (χ4n) is 1.86. The highest BCUT2D eigenvalue weighted by Crippen LogP contribution is 2.18. The summed E-state index contributed by atoms with van der Waals surface area (Å²) in [6, 6.07) is 7.87.